The Balaban J connectivity index is 2.17. The first-order valence-corrected chi connectivity index (χ1v) is 26.6. The van der Waals surface area contributed by atoms with E-state index >= 15 is 0 Å². The number of unbranched alkanes of at least 4 members (excludes halogenated alkanes) is 36. The third-order valence-corrected chi connectivity index (χ3v) is 12.8. The molecule has 0 aromatic rings. The average Bonchev–Trinajstić information content (AvgIpc) is 3.26. The molecule has 1 aliphatic rings. The number of rotatable bonds is 47. The number of carbonyl (C=O) groups is 1. The Kier molecular flexibility index (Phi) is 42.4. The number of hydrogen-bond donors (Lipinski definition) is 4. The maximum absolute atomic E-state index is 12.8. The predicted octanol–water partition coefficient (Wildman–Crippen LogP) is 13.0. The van der Waals surface area contributed by atoms with Gasteiger partial charge in [-0.15, -0.1) is 0 Å². The average molecular weight is 871 g/mol. The molecule has 0 aromatic carbocycles. The molecule has 0 aliphatic carbocycles. The number of aliphatic hydroxyl groups is 4. The molecule has 0 aromatic heterocycles. The van der Waals surface area contributed by atoms with Crippen LogP contribution < -0.4 is 0 Å². The minimum atomic E-state index is -1.53. The van der Waals surface area contributed by atoms with Gasteiger partial charge in [0, 0.05) is 13.0 Å². The van der Waals surface area contributed by atoms with E-state index < -0.39 is 43.4 Å². The molecule has 1 aliphatic heterocycles. The molecule has 364 valence electrons. The van der Waals surface area contributed by atoms with Gasteiger partial charge in [0.2, 0.25) is 0 Å². The minimum Gasteiger partial charge on any atom is -0.457 e. The first kappa shape index (κ1) is 58.2. The molecule has 0 saturated carbocycles. The van der Waals surface area contributed by atoms with E-state index in [1.165, 1.54) is 212 Å². The highest BCUT2D eigenvalue weighted by molar-refractivity contribution is 5.69. The van der Waals surface area contributed by atoms with E-state index in [0.29, 0.717) is 13.0 Å². The van der Waals surface area contributed by atoms with E-state index in [-0.39, 0.29) is 19.2 Å². The van der Waals surface area contributed by atoms with E-state index in [2.05, 4.69) is 13.8 Å². The number of ether oxygens (including phenoxy) is 4. The van der Waals surface area contributed by atoms with Gasteiger partial charge >= 0.3 is 5.97 Å². The molecule has 6 unspecified atom stereocenters. The zero-order chi connectivity index (χ0) is 44.3. The van der Waals surface area contributed by atoms with Crippen LogP contribution in [0, 0.1) is 0 Å². The SMILES string of the molecule is CCCCCCCCCCCCCCCCCCCCCCC(=O)OC(COCCCCCCCCCCCCCCCCCCCC)COC1OC(CO)C(O)C(O)C1O. The van der Waals surface area contributed by atoms with Crippen LogP contribution >= 0.6 is 0 Å². The van der Waals surface area contributed by atoms with Gasteiger partial charge in [-0.25, -0.2) is 0 Å². The Morgan fingerprint density at radius 1 is 0.459 bits per heavy atom. The third-order valence-electron chi connectivity index (χ3n) is 12.8. The summed E-state index contributed by atoms with van der Waals surface area (Å²) in [6, 6.07) is 0. The maximum Gasteiger partial charge on any atom is 0.306 e. The van der Waals surface area contributed by atoms with Crippen molar-refractivity contribution in [3.8, 4) is 0 Å². The van der Waals surface area contributed by atoms with Crippen LogP contribution in [-0.2, 0) is 23.7 Å². The molecule has 0 radical (unpaired) electrons. The van der Waals surface area contributed by atoms with Gasteiger partial charge in [0.1, 0.15) is 30.5 Å². The van der Waals surface area contributed by atoms with Crippen molar-refractivity contribution >= 4 is 5.97 Å². The Labute approximate surface area is 376 Å². The fourth-order valence-corrected chi connectivity index (χ4v) is 8.61. The second-order valence-electron chi connectivity index (χ2n) is 18.7. The van der Waals surface area contributed by atoms with E-state index in [1.54, 1.807) is 0 Å². The number of hydrogen-bond acceptors (Lipinski definition) is 9. The molecule has 6 atom stereocenters. The molecule has 1 fully saturated rings. The van der Waals surface area contributed by atoms with Gasteiger partial charge in [-0.3, -0.25) is 4.79 Å². The van der Waals surface area contributed by atoms with E-state index in [9.17, 15) is 25.2 Å². The van der Waals surface area contributed by atoms with Gasteiger partial charge in [0.25, 0.3) is 0 Å². The fourth-order valence-electron chi connectivity index (χ4n) is 8.61. The quantitative estimate of drug-likeness (QED) is 0.0348. The Morgan fingerprint density at radius 3 is 1.16 bits per heavy atom. The lowest BCUT2D eigenvalue weighted by Crippen LogP contribution is -2.59. The van der Waals surface area contributed by atoms with Crippen LogP contribution in [0.15, 0.2) is 0 Å². The maximum atomic E-state index is 12.8. The van der Waals surface area contributed by atoms with Crippen LogP contribution in [0.3, 0.4) is 0 Å². The summed E-state index contributed by atoms with van der Waals surface area (Å²) < 4.78 is 22.9. The highest BCUT2D eigenvalue weighted by Crippen LogP contribution is 2.23. The van der Waals surface area contributed by atoms with Crippen LogP contribution in [0.2, 0.25) is 0 Å². The standard InChI is InChI=1S/C52H102O9/c1-3-5-7-9-11-13-15-17-19-21-23-24-25-27-29-31-33-35-37-39-41-48(54)60-46(45-59-52-51(57)50(56)49(55)47(43-53)61-52)44-58-42-40-38-36-34-32-30-28-26-22-20-18-16-14-12-10-8-6-4-2/h46-47,49-53,55-57H,3-45H2,1-2H3. The summed E-state index contributed by atoms with van der Waals surface area (Å²) in [6.07, 6.45) is 42.8. The van der Waals surface area contributed by atoms with Crippen LogP contribution in [0.4, 0.5) is 0 Å². The summed E-state index contributed by atoms with van der Waals surface area (Å²) >= 11 is 0. The van der Waals surface area contributed by atoms with Gasteiger partial charge in [-0.05, 0) is 12.8 Å². The number of esters is 1. The highest BCUT2D eigenvalue weighted by atomic mass is 16.7. The normalized spacial score (nSPS) is 19.7. The zero-order valence-corrected chi connectivity index (χ0v) is 40.2. The smallest absolute Gasteiger partial charge is 0.306 e. The van der Waals surface area contributed by atoms with Crippen LogP contribution in [0.1, 0.15) is 264 Å². The van der Waals surface area contributed by atoms with Gasteiger partial charge in [-0.2, -0.15) is 0 Å². The molecule has 0 bridgehead atoms. The van der Waals surface area contributed by atoms with E-state index in [4.69, 9.17) is 18.9 Å². The van der Waals surface area contributed by atoms with Crippen molar-refractivity contribution in [2.75, 3.05) is 26.4 Å². The number of carbonyl (C=O) groups excluding carboxylic acids is 1. The van der Waals surface area contributed by atoms with Crippen molar-refractivity contribution in [3.05, 3.63) is 0 Å². The van der Waals surface area contributed by atoms with E-state index in [1.807, 2.05) is 0 Å². The van der Waals surface area contributed by atoms with Gasteiger partial charge in [0.15, 0.2) is 6.29 Å². The van der Waals surface area contributed by atoms with Crippen molar-refractivity contribution in [2.24, 2.45) is 0 Å². The fraction of sp³-hybridized carbons (Fsp3) is 0.981. The van der Waals surface area contributed by atoms with Gasteiger partial charge in [-0.1, -0.05) is 245 Å². The summed E-state index contributed by atoms with van der Waals surface area (Å²) in [4.78, 5) is 12.8. The zero-order valence-electron chi connectivity index (χ0n) is 40.2. The monoisotopic (exact) mass is 871 g/mol. The summed E-state index contributed by atoms with van der Waals surface area (Å²) in [7, 11) is 0. The topological polar surface area (TPSA) is 135 Å². The summed E-state index contributed by atoms with van der Waals surface area (Å²) in [5.41, 5.74) is 0. The molecule has 1 heterocycles. The Bertz CT molecular complexity index is 904. The van der Waals surface area contributed by atoms with Gasteiger partial charge in [0.05, 0.1) is 19.8 Å². The molecule has 9 heteroatoms. The molecular weight excluding hydrogens is 769 g/mol. The van der Waals surface area contributed by atoms with Crippen LogP contribution in [0.5, 0.6) is 0 Å². The third kappa shape index (κ3) is 35.2. The van der Waals surface area contributed by atoms with Crippen molar-refractivity contribution in [1.82, 2.24) is 0 Å². The summed E-state index contributed by atoms with van der Waals surface area (Å²) in [6.45, 7) is 4.64. The predicted molar refractivity (Wildman–Crippen MR) is 252 cm³/mol. The van der Waals surface area contributed by atoms with E-state index in [0.717, 1.165) is 32.1 Å². The number of aliphatic hydroxyl groups excluding tert-OH is 4. The molecule has 0 spiro atoms. The molecule has 1 saturated heterocycles. The minimum absolute atomic E-state index is 0.104. The van der Waals surface area contributed by atoms with Gasteiger partial charge < -0.3 is 39.4 Å². The second-order valence-corrected chi connectivity index (χ2v) is 18.7. The Hall–Kier alpha value is -0.810. The lowest BCUT2D eigenvalue weighted by molar-refractivity contribution is -0.305. The lowest BCUT2D eigenvalue weighted by Gasteiger charge is -2.39. The summed E-state index contributed by atoms with van der Waals surface area (Å²) in [5, 5.41) is 40.3. The van der Waals surface area contributed by atoms with Crippen molar-refractivity contribution in [3.63, 3.8) is 0 Å². The first-order valence-electron chi connectivity index (χ1n) is 26.6. The second kappa shape index (κ2) is 44.4. The molecule has 0 amide bonds. The molecule has 61 heavy (non-hydrogen) atoms. The van der Waals surface area contributed by atoms with Crippen LogP contribution in [0.25, 0.3) is 0 Å². The summed E-state index contributed by atoms with van der Waals surface area (Å²) in [5.74, 6) is -0.304. The largest absolute Gasteiger partial charge is 0.457 e. The molecule has 9 nitrogen and oxygen atoms in total. The Morgan fingerprint density at radius 2 is 0.803 bits per heavy atom. The highest BCUT2D eigenvalue weighted by Gasteiger charge is 2.44. The molecule has 1 rings (SSSR count). The first-order chi connectivity index (χ1) is 29.9. The van der Waals surface area contributed by atoms with Crippen molar-refractivity contribution in [2.45, 2.75) is 301 Å². The lowest BCUT2D eigenvalue weighted by atomic mass is 9.99. The van der Waals surface area contributed by atoms with Crippen LogP contribution in [-0.4, -0.2) is 89.6 Å². The van der Waals surface area contributed by atoms with Crippen molar-refractivity contribution in [1.29, 1.82) is 0 Å². The van der Waals surface area contributed by atoms with Crippen molar-refractivity contribution < 1.29 is 44.2 Å². The molecular formula is C52H102O9. The molecule has 4 N–H and O–H groups in total.